The van der Waals surface area contributed by atoms with E-state index in [1.165, 1.54) is 6.07 Å². The lowest BCUT2D eigenvalue weighted by Gasteiger charge is -2.07. The fourth-order valence-electron chi connectivity index (χ4n) is 1.72. The number of halogens is 1. The quantitative estimate of drug-likeness (QED) is 0.677. The van der Waals surface area contributed by atoms with Crippen molar-refractivity contribution in [3.8, 4) is 0 Å². The number of hydrogen-bond acceptors (Lipinski definition) is 4. The molecule has 100 valence electrons. The van der Waals surface area contributed by atoms with Crippen LogP contribution >= 0.6 is 15.9 Å². The van der Waals surface area contributed by atoms with Crippen molar-refractivity contribution in [1.29, 1.82) is 0 Å². The van der Waals surface area contributed by atoms with Gasteiger partial charge in [0.15, 0.2) is 0 Å². The SMILES string of the molecule is Cn1ccnc1CNCc1cccc([N+](=O)[O-])c1Br. The minimum Gasteiger partial charge on any atom is -0.337 e. The molecule has 0 aliphatic heterocycles. The van der Waals surface area contributed by atoms with Gasteiger partial charge in [-0.2, -0.15) is 0 Å². The van der Waals surface area contributed by atoms with E-state index in [1.807, 2.05) is 23.9 Å². The molecule has 1 N–H and O–H groups in total. The van der Waals surface area contributed by atoms with E-state index in [9.17, 15) is 10.1 Å². The van der Waals surface area contributed by atoms with Crippen LogP contribution in [0.25, 0.3) is 0 Å². The maximum atomic E-state index is 10.8. The van der Waals surface area contributed by atoms with Gasteiger partial charge in [0.25, 0.3) is 5.69 Å². The fraction of sp³-hybridized carbons (Fsp3) is 0.250. The van der Waals surface area contributed by atoms with Crippen molar-refractivity contribution in [2.75, 3.05) is 0 Å². The lowest BCUT2D eigenvalue weighted by Crippen LogP contribution is -2.16. The molecule has 2 rings (SSSR count). The third-order valence-corrected chi connectivity index (χ3v) is 3.69. The maximum Gasteiger partial charge on any atom is 0.283 e. The van der Waals surface area contributed by atoms with Gasteiger partial charge in [0.05, 0.1) is 15.9 Å². The zero-order valence-electron chi connectivity index (χ0n) is 10.3. The summed E-state index contributed by atoms with van der Waals surface area (Å²) >= 11 is 3.27. The maximum absolute atomic E-state index is 10.8. The molecule has 1 aromatic heterocycles. The van der Waals surface area contributed by atoms with Crippen LogP contribution in [0.4, 0.5) is 5.69 Å². The highest BCUT2D eigenvalue weighted by molar-refractivity contribution is 9.10. The molecule has 0 aliphatic carbocycles. The summed E-state index contributed by atoms with van der Waals surface area (Å²) in [5, 5.41) is 14.0. The van der Waals surface area contributed by atoms with Crippen LogP contribution in [0.1, 0.15) is 11.4 Å². The third kappa shape index (κ3) is 3.18. The average molecular weight is 325 g/mol. The highest BCUT2D eigenvalue weighted by Crippen LogP contribution is 2.28. The van der Waals surface area contributed by atoms with Gasteiger partial charge >= 0.3 is 0 Å². The first-order valence-corrected chi connectivity index (χ1v) is 6.47. The number of nitro groups is 1. The summed E-state index contributed by atoms with van der Waals surface area (Å²) in [6, 6.07) is 5.01. The monoisotopic (exact) mass is 324 g/mol. The number of nitrogens with zero attached hydrogens (tertiary/aromatic N) is 3. The Morgan fingerprint density at radius 1 is 1.47 bits per heavy atom. The molecule has 2 aromatic rings. The molecule has 0 unspecified atom stereocenters. The summed E-state index contributed by atoms with van der Waals surface area (Å²) in [6.45, 7) is 1.15. The number of benzene rings is 1. The largest absolute Gasteiger partial charge is 0.337 e. The molecule has 0 radical (unpaired) electrons. The first-order valence-electron chi connectivity index (χ1n) is 5.68. The van der Waals surface area contributed by atoms with E-state index >= 15 is 0 Å². The summed E-state index contributed by atoms with van der Waals surface area (Å²) in [6.07, 6.45) is 3.61. The van der Waals surface area contributed by atoms with Gasteiger partial charge in [-0.3, -0.25) is 10.1 Å². The number of aryl methyl sites for hydroxylation is 1. The zero-order chi connectivity index (χ0) is 13.8. The lowest BCUT2D eigenvalue weighted by atomic mass is 10.2. The van der Waals surface area contributed by atoms with E-state index in [0.717, 1.165) is 11.4 Å². The van der Waals surface area contributed by atoms with Crippen molar-refractivity contribution in [2.24, 2.45) is 7.05 Å². The number of nitro benzene ring substituents is 1. The second kappa shape index (κ2) is 5.94. The Kier molecular flexibility index (Phi) is 4.28. The molecule has 0 amide bonds. The Morgan fingerprint density at radius 3 is 2.89 bits per heavy atom. The molecular formula is C12H13BrN4O2. The second-order valence-electron chi connectivity index (χ2n) is 4.07. The van der Waals surface area contributed by atoms with Crippen LogP contribution in [0.3, 0.4) is 0 Å². The molecule has 6 nitrogen and oxygen atoms in total. The summed E-state index contributed by atoms with van der Waals surface area (Å²) < 4.78 is 2.45. The summed E-state index contributed by atoms with van der Waals surface area (Å²) in [5.41, 5.74) is 0.930. The topological polar surface area (TPSA) is 73.0 Å². The van der Waals surface area contributed by atoms with Crippen LogP contribution in [-0.4, -0.2) is 14.5 Å². The van der Waals surface area contributed by atoms with Crippen molar-refractivity contribution in [1.82, 2.24) is 14.9 Å². The molecule has 1 heterocycles. The number of aromatic nitrogens is 2. The van der Waals surface area contributed by atoms with Gasteiger partial charge in [0, 0.05) is 32.1 Å². The number of hydrogen-bond donors (Lipinski definition) is 1. The molecule has 0 aliphatic rings. The molecule has 7 heteroatoms. The normalized spacial score (nSPS) is 10.6. The van der Waals surface area contributed by atoms with E-state index in [-0.39, 0.29) is 5.69 Å². The summed E-state index contributed by atoms with van der Waals surface area (Å²) in [7, 11) is 1.92. The van der Waals surface area contributed by atoms with Gasteiger partial charge in [0.2, 0.25) is 0 Å². The predicted octanol–water partition coefficient (Wildman–Crippen LogP) is 2.38. The second-order valence-corrected chi connectivity index (χ2v) is 4.86. The first-order chi connectivity index (χ1) is 9.09. The number of rotatable bonds is 5. The summed E-state index contributed by atoms with van der Waals surface area (Å²) in [4.78, 5) is 14.6. The van der Waals surface area contributed by atoms with Crippen molar-refractivity contribution >= 4 is 21.6 Å². The predicted molar refractivity (Wildman–Crippen MR) is 74.5 cm³/mol. The molecule has 19 heavy (non-hydrogen) atoms. The minimum absolute atomic E-state index is 0.0799. The average Bonchev–Trinajstić information content (AvgIpc) is 2.77. The highest BCUT2D eigenvalue weighted by Gasteiger charge is 2.14. The van der Waals surface area contributed by atoms with Gasteiger partial charge in [-0.05, 0) is 21.5 Å². The standard InChI is InChI=1S/C12H13BrN4O2/c1-16-6-5-15-11(16)8-14-7-9-3-2-4-10(12(9)13)17(18)19/h2-6,14H,7-8H2,1H3. The number of nitrogens with one attached hydrogen (secondary N) is 1. The molecule has 0 atom stereocenters. The van der Waals surface area contributed by atoms with Crippen molar-refractivity contribution in [3.63, 3.8) is 0 Å². The Morgan fingerprint density at radius 2 is 2.26 bits per heavy atom. The van der Waals surface area contributed by atoms with Crippen LogP contribution in [0.15, 0.2) is 35.1 Å². The Hall–Kier alpha value is -1.73. The van der Waals surface area contributed by atoms with Gasteiger partial charge in [0.1, 0.15) is 5.82 Å². The Labute approximate surface area is 118 Å². The number of imidazole rings is 1. The molecule has 1 aromatic carbocycles. The Bertz CT molecular complexity index is 597. The van der Waals surface area contributed by atoms with Crippen molar-refractivity contribution in [2.45, 2.75) is 13.1 Å². The minimum atomic E-state index is -0.396. The van der Waals surface area contributed by atoms with E-state index in [0.29, 0.717) is 17.6 Å². The van der Waals surface area contributed by atoms with Crippen molar-refractivity contribution < 1.29 is 4.92 Å². The molecular weight excluding hydrogens is 312 g/mol. The smallest absolute Gasteiger partial charge is 0.283 e. The summed E-state index contributed by atoms with van der Waals surface area (Å²) in [5.74, 6) is 0.918. The van der Waals surface area contributed by atoms with Gasteiger partial charge < -0.3 is 9.88 Å². The van der Waals surface area contributed by atoms with E-state index in [1.54, 1.807) is 12.3 Å². The van der Waals surface area contributed by atoms with E-state index in [2.05, 4.69) is 26.2 Å². The molecule has 0 saturated heterocycles. The molecule has 0 spiro atoms. The molecule has 0 bridgehead atoms. The zero-order valence-corrected chi connectivity index (χ0v) is 11.9. The highest BCUT2D eigenvalue weighted by atomic mass is 79.9. The van der Waals surface area contributed by atoms with Gasteiger partial charge in [-0.15, -0.1) is 0 Å². The third-order valence-electron chi connectivity index (χ3n) is 2.77. The van der Waals surface area contributed by atoms with Crippen molar-refractivity contribution in [3.05, 3.63) is 56.6 Å². The first kappa shape index (κ1) is 13.7. The Balaban J connectivity index is 2.02. The van der Waals surface area contributed by atoms with Crippen LogP contribution in [0.5, 0.6) is 0 Å². The van der Waals surface area contributed by atoms with Crippen LogP contribution < -0.4 is 5.32 Å². The van der Waals surface area contributed by atoms with E-state index in [4.69, 9.17) is 0 Å². The van der Waals surface area contributed by atoms with Gasteiger partial charge in [-0.1, -0.05) is 12.1 Å². The van der Waals surface area contributed by atoms with E-state index < -0.39 is 4.92 Å². The molecule has 0 saturated carbocycles. The van der Waals surface area contributed by atoms with Gasteiger partial charge in [-0.25, -0.2) is 4.98 Å². The van der Waals surface area contributed by atoms with Crippen LogP contribution in [0, 0.1) is 10.1 Å². The fourth-order valence-corrected chi connectivity index (χ4v) is 2.27. The van der Waals surface area contributed by atoms with Crippen LogP contribution in [0.2, 0.25) is 0 Å². The lowest BCUT2D eigenvalue weighted by molar-refractivity contribution is -0.385. The van der Waals surface area contributed by atoms with Crippen LogP contribution in [-0.2, 0) is 20.1 Å². The molecule has 0 fully saturated rings.